The molecule has 0 aromatic carbocycles. The number of carbonyl (C=O) groups excluding carboxylic acids is 1. The Balaban J connectivity index is 2.25. The Morgan fingerprint density at radius 3 is 2.81 bits per heavy atom. The fraction of sp³-hybridized carbons (Fsp3) is 0.625. The highest BCUT2D eigenvalue weighted by molar-refractivity contribution is 5.95. The molecule has 1 fully saturated rings. The molecule has 0 spiro atoms. The summed E-state index contributed by atoms with van der Waals surface area (Å²) in [4.78, 5) is 18.8. The van der Waals surface area contributed by atoms with Crippen molar-refractivity contribution in [2.45, 2.75) is 39.0 Å². The van der Waals surface area contributed by atoms with E-state index in [9.17, 15) is 9.90 Å². The highest BCUT2D eigenvalue weighted by Gasteiger charge is 2.26. The van der Waals surface area contributed by atoms with Crippen molar-refractivity contribution >= 4 is 11.7 Å². The van der Waals surface area contributed by atoms with Gasteiger partial charge in [-0.2, -0.15) is 0 Å². The first-order valence-electron chi connectivity index (χ1n) is 7.49. The number of anilines is 1. The largest absolute Gasteiger partial charge is 0.396 e. The van der Waals surface area contributed by atoms with Gasteiger partial charge in [-0.1, -0.05) is 20.8 Å². The van der Waals surface area contributed by atoms with Gasteiger partial charge in [0.25, 0.3) is 5.91 Å². The van der Waals surface area contributed by atoms with E-state index in [0.717, 1.165) is 25.1 Å². The smallest absolute Gasteiger partial charge is 0.254 e. The Hall–Kier alpha value is -1.62. The van der Waals surface area contributed by atoms with Crippen molar-refractivity contribution in [2.75, 3.05) is 25.4 Å². The molecule has 5 nitrogen and oxygen atoms in total. The Morgan fingerprint density at radius 2 is 2.19 bits per heavy atom. The quantitative estimate of drug-likeness (QED) is 0.871. The zero-order valence-corrected chi connectivity index (χ0v) is 13.1. The molecule has 1 aromatic rings. The number of nitrogen functional groups attached to an aromatic ring is 1. The number of likely N-dealkylation sites (tertiary alicyclic amines) is 1. The number of pyridine rings is 1. The molecule has 21 heavy (non-hydrogen) atoms. The summed E-state index contributed by atoms with van der Waals surface area (Å²) in [7, 11) is 0. The maximum Gasteiger partial charge on any atom is 0.254 e. The minimum absolute atomic E-state index is 0.0206. The van der Waals surface area contributed by atoms with E-state index < -0.39 is 0 Å². The van der Waals surface area contributed by atoms with E-state index >= 15 is 0 Å². The highest BCUT2D eigenvalue weighted by atomic mass is 16.3. The van der Waals surface area contributed by atoms with Crippen molar-refractivity contribution in [1.29, 1.82) is 0 Å². The molecule has 1 amide bonds. The van der Waals surface area contributed by atoms with E-state index in [1.54, 1.807) is 6.07 Å². The van der Waals surface area contributed by atoms with Gasteiger partial charge in [0.2, 0.25) is 0 Å². The lowest BCUT2D eigenvalue weighted by atomic mass is 9.90. The SMILES string of the molecule is CC(C)(C)c1cc(C(=O)N2CCCC(CO)C2)cc(N)n1. The maximum absolute atomic E-state index is 12.7. The molecule has 0 bridgehead atoms. The summed E-state index contributed by atoms with van der Waals surface area (Å²) >= 11 is 0. The molecule has 5 heteroatoms. The van der Waals surface area contributed by atoms with Crippen LogP contribution < -0.4 is 5.73 Å². The lowest BCUT2D eigenvalue weighted by Crippen LogP contribution is -2.41. The summed E-state index contributed by atoms with van der Waals surface area (Å²) in [6, 6.07) is 3.47. The van der Waals surface area contributed by atoms with E-state index in [1.807, 2.05) is 31.7 Å². The summed E-state index contributed by atoms with van der Waals surface area (Å²) in [5, 5.41) is 9.29. The first-order valence-corrected chi connectivity index (χ1v) is 7.49. The second kappa shape index (κ2) is 6.02. The van der Waals surface area contributed by atoms with Crippen molar-refractivity contribution in [3.8, 4) is 0 Å². The van der Waals surface area contributed by atoms with Crippen LogP contribution in [0.3, 0.4) is 0 Å². The van der Waals surface area contributed by atoms with Crippen LogP contribution in [0.2, 0.25) is 0 Å². The molecular weight excluding hydrogens is 266 g/mol. The number of carbonyl (C=O) groups is 1. The van der Waals surface area contributed by atoms with Crippen molar-refractivity contribution in [3.05, 3.63) is 23.4 Å². The Kier molecular flexibility index (Phi) is 4.52. The van der Waals surface area contributed by atoms with Crippen LogP contribution in [0, 0.1) is 5.92 Å². The number of hydrogen-bond acceptors (Lipinski definition) is 4. The van der Waals surface area contributed by atoms with Gasteiger partial charge >= 0.3 is 0 Å². The first-order chi connectivity index (χ1) is 9.81. The fourth-order valence-corrected chi connectivity index (χ4v) is 2.64. The van der Waals surface area contributed by atoms with E-state index in [1.165, 1.54) is 0 Å². The molecule has 1 saturated heterocycles. The number of amides is 1. The zero-order valence-electron chi connectivity index (χ0n) is 13.1. The predicted octanol–water partition coefficient (Wildman–Crippen LogP) is 1.81. The van der Waals surface area contributed by atoms with E-state index in [0.29, 0.717) is 17.9 Å². The second-order valence-electron chi connectivity index (χ2n) is 6.86. The molecule has 0 radical (unpaired) electrons. The van der Waals surface area contributed by atoms with Gasteiger partial charge in [-0.25, -0.2) is 4.98 Å². The van der Waals surface area contributed by atoms with Crippen LogP contribution in [-0.2, 0) is 5.41 Å². The van der Waals surface area contributed by atoms with Crippen molar-refractivity contribution in [3.63, 3.8) is 0 Å². The molecule has 1 aromatic heterocycles. The topological polar surface area (TPSA) is 79.5 Å². The van der Waals surface area contributed by atoms with Crippen LogP contribution in [0.15, 0.2) is 12.1 Å². The lowest BCUT2D eigenvalue weighted by Gasteiger charge is -2.32. The third kappa shape index (κ3) is 3.73. The van der Waals surface area contributed by atoms with Gasteiger partial charge in [-0.3, -0.25) is 4.79 Å². The molecular formula is C16H25N3O2. The summed E-state index contributed by atoms with van der Waals surface area (Å²) in [5.41, 5.74) is 7.11. The summed E-state index contributed by atoms with van der Waals surface area (Å²) in [5.74, 6) is 0.540. The molecule has 3 N–H and O–H groups in total. The van der Waals surface area contributed by atoms with E-state index in [4.69, 9.17) is 5.73 Å². The van der Waals surface area contributed by atoms with Gasteiger partial charge in [0, 0.05) is 36.4 Å². The predicted molar refractivity (Wildman–Crippen MR) is 83.1 cm³/mol. The van der Waals surface area contributed by atoms with E-state index in [2.05, 4.69) is 4.98 Å². The maximum atomic E-state index is 12.7. The minimum atomic E-state index is -0.153. The molecule has 1 aliphatic rings. The average molecular weight is 291 g/mol. The van der Waals surface area contributed by atoms with Gasteiger partial charge < -0.3 is 15.7 Å². The van der Waals surface area contributed by atoms with Crippen molar-refractivity contribution < 1.29 is 9.90 Å². The average Bonchev–Trinajstić information content (AvgIpc) is 2.45. The number of nitrogens with zero attached hydrogens (tertiary/aromatic N) is 2. The van der Waals surface area contributed by atoms with Crippen molar-refractivity contribution in [2.24, 2.45) is 5.92 Å². The molecule has 2 heterocycles. The van der Waals surface area contributed by atoms with Gasteiger partial charge in [0.1, 0.15) is 5.82 Å². The summed E-state index contributed by atoms with van der Waals surface area (Å²) in [6.07, 6.45) is 1.91. The molecule has 0 saturated carbocycles. The number of rotatable bonds is 2. The Morgan fingerprint density at radius 1 is 1.48 bits per heavy atom. The number of aromatic nitrogens is 1. The molecule has 2 rings (SSSR count). The van der Waals surface area contributed by atoms with Crippen molar-refractivity contribution in [1.82, 2.24) is 9.88 Å². The lowest BCUT2D eigenvalue weighted by molar-refractivity contribution is 0.0620. The minimum Gasteiger partial charge on any atom is -0.396 e. The highest BCUT2D eigenvalue weighted by Crippen LogP contribution is 2.24. The third-order valence-electron chi connectivity index (χ3n) is 3.92. The number of aliphatic hydroxyl groups excluding tert-OH is 1. The number of nitrogens with two attached hydrogens (primary N) is 1. The molecule has 116 valence electrons. The van der Waals surface area contributed by atoms with Gasteiger partial charge in [-0.15, -0.1) is 0 Å². The Labute approximate surface area is 126 Å². The van der Waals surface area contributed by atoms with E-state index in [-0.39, 0.29) is 23.8 Å². The van der Waals surface area contributed by atoms with Crippen LogP contribution in [0.1, 0.15) is 49.7 Å². The number of aliphatic hydroxyl groups is 1. The standard InChI is InChI=1S/C16H25N3O2/c1-16(2,3)13-7-12(8-14(17)18-13)15(21)19-6-4-5-11(9-19)10-20/h7-8,11,20H,4-6,9-10H2,1-3H3,(H2,17,18). The summed E-state index contributed by atoms with van der Waals surface area (Å²) < 4.78 is 0. The molecule has 1 unspecified atom stereocenters. The Bertz CT molecular complexity index is 523. The second-order valence-corrected chi connectivity index (χ2v) is 6.86. The monoisotopic (exact) mass is 291 g/mol. The third-order valence-corrected chi connectivity index (χ3v) is 3.92. The van der Waals surface area contributed by atoms with Crippen LogP contribution in [0.5, 0.6) is 0 Å². The normalized spacial score (nSPS) is 19.6. The molecule has 0 aliphatic carbocycles. The first kappa shape index (κ1) is 15.8. The summed E-state index contributed by atoms with van der Waals surface area (Å²) in [6.45, 7) is 7.63. The van der Waals surface area contributed by atoms with Gasteiger partial charge in [-0.05, 0) is 30.9 Å². The van der Waals surface area contributed by atoms with Crippen LogP contribution in [-0.4, -0.2) is 40.6 Å². The fourth-order valence-electron chi connectivity index (χ4n) is 2.64. The molecule has 1 atom stereocenters. The molecule has 1 aliphatic heterocycles. The zero-order chi connectivity index (χ0) is 15.6. The van der Waals surface area contributed by atoms with Gasteiger partial charge in [0.05, 0.1) is 0 Å². The van der Waals surface area contributed by atoms with Gasteiger partial charge in [0.15, 0.2) is 0 Å². The number of piperidine rings is 1. The van der Waals surface area contributed by atoms with Crippen LogP contribution >= 0.6 is 0 Å². The van der Waals surface area contributed by atoms with Crippen LogP contribution in [0.25, 0.3) is 0 Å². The van der Waals surface area contributed by atoms with Crippen LogP contribution in [0.4, 0.5) is 5.82 Å². The number of hydrogen-bond donors (Lipinski definition) is 2.